The molecule has 0 fully saturated rings. The van der Waals surface area contributed by atoms with E-state index in [9.17, 15) is 13.9 Å². The maximum Gasteiger partial charge on any atom is 0.168 e. The van der Waals surface area contributed by atoms with Gasteiger partial charge in [-0.25, -0.2) is 8.78 Å². The second-order valence-electron chi connectivity index (χ2n) is 4.20. The topological polar surface area (TPSA) is 29.5 Å². The first-order valence-electron chi connectivity index (χ1n) is 5.86. The summed E-state index contributed by atoms with van der Waals surface area (Å²) in [5.74, 6) is -0.710. The third-order valence-corrected chi connectivity index (χ3v) is 2.93. The molecule has 0 saturated heterocycles. The van der Waals surface area contributed by atoms with E-state index in [0.29, 0.717) is 11.1 Å². The summed E-state index contributed by atoms with van der Waals surface area (Å²) < 4.78 is 31.6. The molecule has 0 radical (unpaired) electrons. The van der Waals surface area contributed by atoms with Crippen LogP contribution in [0.3, 0.4) is 0 Å². The van der Waals surface area contributed by atoms with Crippen molar-refractivity contribution in [1.82, 2.24) is 0 Å². The van der Waals surface area contributed by atoms with Gasteiger partial charge in [0.2, 0.25) is 0 Å². The highest BCUT2D eigenvalue weighted by Crippen LogP contribution is 2.25. The van der Waals surface area contributed by atoms with Crippen molar-refractivity contribution < 1.29 is 18.6 Å². The smallest absolute Gasteiger partial charge is 0.168 e. The first kappa shape index (κ1) is 13.5. The molecule has 1 N–H and O–H groups in total. The Balaban J connectivity index is 2.19. The molecule has 0 aliphatic carbocycles. The van der Waals surface area contributed by atoms with E-state index in [1.54, 1.807) is 12.1 Å². The lowest BCUT2D eigenvalue weighted by atomic mass is 10.0. The Morgan fingerprint density at radius 3 is 2.42 bits per heavy atom. The van der Waals surface area contributed by atoms with Gasteiger partial charge in [-0.05, 0) is 29.3 Å². The molecule has 0 heterocycles. The van der Waals surface area contributed by atoms with E-state index in [1.807, 2.05) is 0 Å². The summed E-state index contributed by atoms with van der Waals surface area (Å²) in [5, 5.41) is 10.0. The third kappa shape index (κ3) is 3.09. The molecule has 0 aliphatic rings. The van der Waals surface area contributed by atoms with Crippen LogP contribution in [-0.4, -0.2) is 12.2 Å². The van der Waals surface area contributed by atoms with Crippen molar-refractivity contribution in [3.63, 3.8) is 0 Å². The number of ether oxygens (including phenoxy) is 1. The van der Waals surface area contributed by atoms with Crippen molar-refractivity contribution in [3.8, 4) is 5.75 Å². The van der Waals surface area contributed by atoms with Crippen LogP contribution < -0.4 is 4.74 Å². The fourth-order valence-corrected chi connectivity index (χ4v) is 1.88. The molecule has 2 aromatic rings. The van der Waals surface area contributed by atoms with Crippen LogP contribution in [-0.2, 0) is 6.42 Å². The van der Waals surface area contributed by atoms with Crippen molar-refractivity contribution in [1.29, 1.82) is 0 Å². The van der Waals surface area contributed by atoms with Crippen LogP contribution in [0.2, 0.25) is 0 Å². The van der Waals surface area contributed by atoms with Crippen molar-refractivity contribution >= 4 is 0 Å². The van der Waals surface area contributed by atoms with E-state index in [1.165, 1.54) is 37.4 Å². The highest BCUT2D eigenvalue weighted by molar-refractivity contribution is 5.32. The van der Waals surface area contributed by atoms with Crippen LogP contribution in [0.1, 0.15) is 17.2 Å². The molecule has 4 heteroatoms. The van der Waals surface area contributed by atoms with E-state index in [4.69, 9.17) is 4.74 Å². The molecule has 100 valence electrons. The lowest BCUT2D eigenvalue weighted by Gasteiger charge is -2.13. The number of halogens is 2. The van der Waals surface area contributed by atoms with Crippen LogP contribution in [0.25, 0.3) is 0 Å². The van der Waals surface area contributed by atoms with Crippen LogP contribution >= 0.6 is 0 Å². The zero-order valence-electron chi connectivity index (χ0n) is 10.4. The summed E-state index contributed by atoms with van der Waals surface area (Å²) in [6.07, 6.45) is -0.781. The normalized spacial score (nSPS) is 12.2. The summed E-state index contributed by atoms with van der Waals surface area (Å²) in [4.78, 5) is 0. The van der Waals surface area contributed by atoms with Crippen LogP contribution in [0.4, 0.5) is 8.78 Å². The number of aliphatic hydroxyl groups is 1. The fraction of sp³-hybridized carbons (Fsp3) is 0.200. The Morgan fingerprint density at radius 1 is 1.11 bits per heavy atom. The Bertz CT molecular complexity index is 553. The second kappa shape index (κ2) is 5.80. The number of methoxy groups -OCH3 is 1. The van der Waals surface area contributed by atoms with Crippen molar-refractivity contribution in [2.24, 2.45) is 0 Å². The van der Waals surface area contributed by atoms with Gasteiger partial charge in [-0.3, -0.25) is 0 Å². The average Bonchev–Trinajstić information content (AvgIpc) is 2.42. The molecular weight excluding hydrogens is 250 g/mol. The summed E-state index contributed by atoms with van der Waals surface area (Å²) in [7, 11) is 1.39. The summed E-state index contributed by atoms with van der Waals surface area (Å²) >= 11 is 0. The predicted molar refractivity (Wildman–Crippen MR) is 68.0 cm³/mol. The van der Waals surface area contributed by atoms with Gasteiger partial charge in [-0.1, -0.05) is 24.3 Å². The Morgan fingerprint density at radius 2 is 1.79 bits per heavy atom. The predicted octanol–water partition coefficient (Wildman–Crippen LogP) is 3.25. The molecule has 2 nitrogen and oxygen atoms in total. The number of aliphatic hydroxyl groups excluding tert-OH is 1. The van der Waals surface area contributed by atoms with Gasteiger partial charge < -0.3 is 9.84 Å². The van der Waals surface area contributed by atoms with E-state index in [-0.39, 0.29) is 18.0 Å². The van der Waals surface area contributed by atoms with Crippen LogP contribution in [0.5, 0.6) is 5.75 Å². The lowest BCUT2D eigenvalue weighted by molar-refractivity contribution is 0.176. The Hall–Kier alpha value is -1.94. The first-order valence-corrected chi connectivity index (χ1v) is 5.86. The van der Waals surface area contributed by atoms with Gasteiger partial charge in [0.1, 0.15) is 5.82 Å². The molecule has 2 rings (SSSR count). The Labute approximate surface area is 110 Å². The van der Waals surface area contributed by atoms with E-state index in [2.05, 4.69) is 0 Å². The van der Waals surface area contributed by atoms with Crippen LogP contribution in [0, 0.1) is 11.6 Å². The molecule has 0 spiro atoms. The van der Waals surface area contributed by atoms with E-state index >= 15 is 0 Å². The largest absolute Gasteiger partial charge is 0.494 e. The van der Waals surface area contributed by atoms with Gasteiger partial charge in [-0.15, -0.1) is 0 Å². The van der Waals surface area contributed by atoms with Gasteiger partial charge in [-0.2, -0.15) is 0 Å². The molecule has 0 amide bonds. The minimum atomic E-state index is -0.887. The zero-order valence-corrected chi connectivity index (χ0v) is 10.4. The SMILES string of the molecule is COc1cccc(CC(O)c2ccc(F)cc2)c1F. The molecule has 0 aliphatic heterocycles. The highest BCUT2D eigenvalue weighted by Gasteiger charge is 2.14. The minimum absolute atomic E-state index is 0.106. The maximum atomic E-state index is 13.9. The molecular formula is C15H14F2O2. The standard InChI is InChI=1S/C15H14F2O2/c1-19-14-4-2-3-11(15(14)17)9-13(18)10-5-7-12(16)8-6-10/h2-8,13,18H,9H2,1H3. The van der Waals surface area contributed by atoms with E-state index in [0.717, 1.165) is 0 Å². The molecule has 1 unspecified atom stereocenters. The number of benzene rings is 2. The molecule has 0 bridgehead atoms. The third-order valence-electron chi connectivity index (χ3n) is 2.93. The quantitative estimate of drug-likeness (QED) is 0.918. The summed E-state index contributed by atoms with van der Waals surface area (Å²) in [5.41, 5.74) is 0.903. The molecule has 0 aromatic heterocycles. The molecule has 0 saturated carbocycles. The number of rotatable bonds is 4. The van der Waals surface area contributed by atoms with Crippen molar-refractivity contribution in [3.05, 3.63) is 65.2 Å². The lowest BCUT2D eigenvalue weighted by Crippen LogP contribution is -2.04. The summed E-state index contributed by atoms with van der Waals surface area (Å²) in [6.45, 7) is 0. The first-order chi connectivity index (χ1) is 9.11. The number of hydrogen-bond donors (Lipinski definition) is 1. The fourth-order valence-electron chi connectivity index (χ4n) is 1.88. The van der Waals surface area contributed by atoms with Gasteiger partial charge >= 0.3 is 0 Å². The molecule has 19 heavy (non-hydrogen) atoms. The summed E-state index contributed by atoms with van der Waals surface area (Å²) in [6, 6.07) is 10.3. The zero-order chi connectivity index (χ0) is 13.8. The van der Waals surface area contributed by atoms with Crippen molar-refractivity contribution in [2.75, 3.05) is 7.11 Å². The van der Waals surface area contributed by atoms with Gasteiger partial charge in [0.05, 0.1) is 13.2 Å². The second-order valence-corrected chi connectivity index (χ2v) is 4.20. The minimum Gasteiger partial charge on any atom is -0.494 e. The van der Waals surface area contributed by atoms with Gasteiger partial charge in [0.15, 0.2) is 11.6 Å². The average molecular weight is 264 g/mol. The van der Waals surface area contributed by atoms with Gasteiger partial charge in [0.25, 0.3) is 0 Å². The molecule has 1 atom stereocenters. The van der Waals surface area contributed by atoms with Crippen LogP contribution in [0.15, 0.2) is 42.5 Å². The van der Waals surface area contributed by atoms with Crippen molar-refractivity contribution in [2.45, 2.75) is 12.5 Å². The maximum absolute atomic E-state index is 13.9. The number of hydrogen-bond acceptors (Lipinski definition) is 2. The highest BCUT2D eigenvalue weighted by atomic mass is 19.1. The molecule has 2 aromatic carbocycles. The monoisotopic (exact) mass is 264 g/mol. The van der Waals surface area contributed by atoms with E-state index < -0.39 is 11.9 Å². The Kier molecular flexibility index (Phi) is 4.12. The van der Waals surface area contributed by atoms with Gasteiger partial charge in [0, 0.05) is 6.42 Å².